The number of aryl methyl sites for hydroxylation is 1. The van der Waals surface area contributed by atoms with E-state index in [4.69, 9.17) is 0 Å². The number of thiophene rings is 1. The van der Waals surface area contributed by atoms with Crippen LogP contribution in [-0.2, 0) is 0 Å². The van der Waals surface area contributed by atoms with Crippen LogP contribution in [-0.4, -0.2) is 6.54 Å². The highest BCUT2D eigenvalue weighted by Gasteiger charge is 2.16. The zero-order valence-electron chi connectivity index (χ0n) is 7.17. The molecule has 68 valence electrons. The van der Waals surface area contributed by atoms with Crippen molar-refractivity contribution in [1.29, 1.82) is 0 Å². The predicted octanol–water partition coefficient (Wildman–Crippen LogP) is 2.90. The van der Waals surface area contributed by atoms with Crippen LogP contribution in [0, 0.1) is 6.92 Å². The second kappa shape index (κ2) is 4.26. The second-order valence-corrected chi connectivity index (χ2v) is 4.42. The Hall–Kier alpha value is -0.0500. The molecule has 0 aliphatic carbocycles. The lowest BCUT2D eigenvalue weighted by molar-refractivity contribution is 0.660. The normalized spacial score (nSPS) is 22.2. The molecule has 1 saturated heterocycles. The predicted molar refractivity (Wildman–Crippen MR) is 56.3 cm³/mol. The Kier molecular flexibility index (Phi) is 3.56. The highest BCUT2D eigenvalue weighted by Crippen LogP contribution is 2.28. The minimum absolute atomic E-state index is 0. The van der Waals surface area contributed by atoms with Gasteiger partial charge in [0.1, 0.15) is 0 Å². The van der Waals surface area contributed by atoms with Gasteiger partial charge in [-0.25, -0.2) is 0 Å². The van der Waals surface area contributed by atoms with Crippen molar-refractivity contribution in [3.63, 3.8) is 0 Å². The van der Waals surface area contributed by atoms with Crippen LogP contribution in [0.25, 0.3) is 0 Å². The molecule has 0 amide bonds. The van der Waals surface area contributed by atoms with E-state index >= 15 is 0 Å². The molecular weight excluding hydrogens is 190 g/mol. The summed E-state index contributed by atoms with van der Waals surface area (Å²) in [7, 11) is 0. The largest absolute Gasteiger partial charge is 0.309 e. The van der Waals surface area contributed by atoms with Crippen LogP contribution in [0.5, 0.6) is 0 Å². The molecule has 1 atom stereocenters. The summed E-state index contributed by atoms with van der Waals surface area (Å²) in [6.07, 6.45) is 2.65. The number of hydrogen-bond donors (Lipinski definition) is 1. The van der Waals surface area contributed by atoms with Crippen molar-refractivity contribution >= 4 is 23.7 Å². The van der Waals surface area contributed by atoms with Crippen LogP contribution in [0.1, 0.15) is 28.6 Å². The summed E-state index contributed by atoms with van der Waals surface area (Å²) in [6, 6.07) is 5.12. The van der Waals surface area contributed by atoms with Gasteiger partial charge in [-0.15, -0.1) is 23.7 Å². The Morgan fingerprint density at radius 3 is 2.83 bits per heavy atom. The van der Waals surface area contributed by atoms with Gasteiger partial charge in [-0.2, -0.15) is 0 Å². The molecule has 1 aromatic heterocycles. The first-order chi connectivity index (χ1) is 5.36. The first kappa shape index (κ1) is 10.0. The fourth-order valence-corrected chi connectivity index (χ4v) is 2.56. The number of rotatable bonds is 1. The van der Waals surface area contributed by atoms with Gasteiger partial charge in [0.25, 0.3) is 0 Å². The Labute approximate surface area is 83.6 Å². The minimum atomic E-state index is 0. The first-order valence-electron chi connectivity index (χ1n) is 4.16. The van der Waals surface area contributed by atoms with Gasteiger partial charge in [0.15, 0.2) is 0 Å². The van der Waals surface area contributed by atoms with Gasteiger partial charge in [0.05, 0.1) is 0 Å². The summed E-state index contributed by atoms with van der Waals surface area (Å²) in [4.78, 5) is 2.94. The van der Waals surface area contributed by atoms with Gasteiger partial charge >= 0.3 is 0 Å². The fourth-order valence-electron chi connectivity index (χ4n) is 1.57. The Balaban J connectivity index is 0.000000720. The maximum Gasteiger partial charge on any atom is 0.0415 e. The lowest BCUT2D eigenvalue weighted by atomic mass is 10.2. The van der Waals surface area contributed by atoms with E-state index in [1.165, 1.54) is 29.1 Å². The van der Waals surface area contributed by atoms with Gasteiger partial charge in [-0.05, 0) is 38.4 Å². The molecule has 1 unspecified atom stereocenters. The molecule has 0 bridgehead atoms. The standard InChI is InChI=1S/C9H13NS.ClH/c1-7-4-5-9(11-7)8-3-2-6-10-8;/h4-5,8,10H,2-3,6H2,1H3;1H. The molecular formula is C9H14ClNS. The molecule has 0 radical (unpaired) electrons. The van der Waals surface area contributed by atoms with E-state index in [1.807, 2.05) is 11.3 Å². The summed E-state index contributed by atoms with van der Waals surface area (Å²) in [5.74, 6) is 0. The van der Waals surface area contributed by atoms with Gasteiger partial charge < -0.3 is 5.32 Å². The minimum Gasteiger partial charge on any atom is -0.309 e. The molecule has 0 saturated carbocycles. The van der Waals surface area contributed by atoms with E-state index in [9.17, 15) is 0 Å². The van der Waals surface area contributed by atoms with Crippen molar-refractivity contribution in [3.8, 4) is 0 Å². The molecule has 1 aromatic rings. The molecule has 1 aliphatic rings. The van der Waals surface area contributed by atoms with Crippen molar-refractivity contribution in [2.45, 2.75) is 25.8 Å². The van der Waals surface area contributed by atoms with E-state index in [1.54, 1.807) is 0 Å². The van der Waals surface area contributed by atoms with E-state index < -0.39 is 0 Å². The van der Waals surface area contributed by atoms with Gasteiger partial charge in [0.2, 0.25) is 0 Å². The monoisotopic (exact) mass is 203 g/mol. The summed E-state index contributed by atoms with van der Waals surface area (Å²) in [6.45, 7) is 3.37. The highest BCUT2D eigenvalue weighted by atomic mass is 35.5. The van der Waals surface area contributed by atoms with Crippen LogP contribution in [0.2, 0.25) is 0 Å². The molecule has 12 heavy (non-hydrogen) atoms. The fraction of sp³-hybridized carbons (Fsp3) is 0.556. The third kappa shape index (κ3) is 2.00. The Bertz CT molecular complexity index is 240. The lowest BCUT2D eigenvalue weighted by Crippen LogP contribution is -2.11. The Morgan fingerprint density at radius 1 is 1.50 bits per heavy atom. The lowest BCUT2D eigenvalue weighted by Gasteiger charge is -2.05. The molecule has 2 heterocycles. The van der Waals surface area contributed by atoms with Crippen molar-refractivity contribution < 1.29 is 0 Å². The quantitative estimate of drug-likeness (QED) is 0.740. The molecule has 1 nitrogen and oxygen atoms in total. The van der Waals surface area contributed by atoms with Crippen molar-refractivity contribution in [2.24, 2.45) is 0 Å². The van der Waals surface area contributed by atoms with Crippen LogP contribution in [0.3, 0.4) is 0 Å². The van der Waals surface area contributed by atoms with Gasteiger partial charge in [-0.3, -0.25) is 0 Å². The van der Waals surface area contributed by atoms with Crippen molar-refractivity contribution in [2.75, 3.05) is 6.54 Å². The Morgan fingerprint density at radius 2 is 2.33 bits per heavy atom. The molecule has 1 aliphatic heterocycles. The van der Waals surface area contributed by atoms with Gasteiger partial charge in [-0.1, -0.05) is 0 Å². The van der Waals surface area contributed by atoms with Crippen LogP contribution in [0.4, 0.5) is 0 Å². The smallest absolute Gasteiger partial charge is 0.0415 e. The topological polar surface area (TPSA) is 12.0 Å². The first-order valence-corrected chi connectivity index (χ1v) is 4.97. The zero-order chi connectivity index (χ0) is 7.68. The summed E-state index contributed by atoms with van der Waals surface area (Å²) in [5.41, 5.74) is 0. The summed E-state index contributed by atoms with van der Waals surface area (Å²) >= 11 is 1.92. The number of halogens is 1. The van der Waals surface area contributed by atoms with Crippen molar-refractivity contribution in [3.05, 3.63) is 21.9 Å². The maximum atomic E-state index is 3.50. The van der Waals surface area contributed by atoms with E-state index in [0.717, 1.165) is 0 Å². The second-order valence-electron chi connectivity index (χ2n) is 3.10. The molecule has 2 rings (SSSR count). The number of nitrogens with one attached hydrogen (secondary N) is 1. The number of hydrogen-bond acceptors (Lipinski definition) is 2. The summed E-state index contributed by atoms with van der Waals surface area (Å²) in [5, 5.41) is 3.50. The third-order valence-corrected chi connectivity index (χ3v) is 3.28. The van der Waals surface area contributed by atoms with E-state index in [-0.39, 0.29) is 12.4 Å². The van der Waals surface area contributed by atoms with Crippen LogP contribution in [0.15, 0.2) is 12.1 Å². The molecule has 1 fully saturated rings. The van der Waals surface area contributed by atoms with E-state index in [0.29, 0.717) is 6.04 Å². The maximum absolute atomic E-state index is 3.50. The van der Waals surface area contributed by atoms with Crippen LogP contribution < -0.4 is 5.32 Å². The van der Waals surface area contributed by atoms with Gasteiger partial charge in [0, 0.05) is 15.8 Å². The summed E-state index contributed by atoms with van der Waals surface area (Å²) < 4.78 is 0. The highest BCUT2D eigenvalue weighted by molar-refractivity contribution is 7.12. The van der Waals surface area contributed by atoms with Crippen molar-refractivity contribution in [1.82, 2.24) is 5.32 Å². The molecule has 1 N–H and O–H groups in total. The average Bonchev–Trinajstić information content (AvgIpc) is 2.55. The zero-order valence-corrected chi connectivity index (χ0v) is 8.80. The molecule has 0 spiro atoms. The third-order valence-electron chi connectivity index (χ3n) is 2.16. The molecule has 3 heteroatoms. The SMILES string of the molecule is Cc1ccc(C2CCCN2)s1.Cl. The van der Waals surface area contributed by atoms with Crippen LogP contribution >= 0.6 is 23.7 Å². The van der Waals surface area contributed by atoms with E-state index in [2.05, 4.69) is 24.4 Å². The molecule has 0 aromatic carbocycles. The average molecular weight is 204 g/mol.